The average Bonchev–Trinajstić information content (AvgIpc) is 3.33. The predicted octanol–water partition coefficient (Wildman–Crippen LogP) is 3.90. The van der Waals surface area contributed by atoms with Crippen molar-refractivity contribution in [2.24, 2.45) is 0 Å². The SMILES string of the molecule is Cc1cc(N2CCCC2)ccc1NC(=O)CCc1ccc2c(c1)OCO2. The summed E-state index contributed by atoms with van der Waals surface area (Å²) < 4.78 is 10.7. The van der Waals surface area contributed by atoms with Gasteiger partial charge in [-0.25, -0.2) is 0 Å². The summed E-state index contributed by atoms with van der Waals surface area (Å²) in [6, 6.07) is 12.1. The summed E-state index contributed by atoms with van der Waals surface area (Å²) in [4.78, 5) is 14.7. The molecule has 0 spiro atoms. The zero-order valence-corrected chi connectivity index (χ0v) is 15.1. The van der Waals surface area contributed by atoms with Gasteiger partial charge in [0, 0.05) is 30.9 Å². The molecule has 5 nitrogen and oxygen atoms in total. The van der Waals surface area contributed by atoms with Crippen LogP contribution in [0.5, 0.6) is 11.5 Å². The first-order chi connectivity index (χ1) is 12.7. The molecule has 0 atom stereocenters. The highest BCUT2D eigenvalue weighted by molar-refractivity contribution is 5.91. The molecule has 2 aliphatic heterocycles. The first-order valence-corrected chi connectivity index (χ1v) is 9.23. The number of nitrogens with zero attached hydrogens (tertiary/aromatic N) is 1. The van der Waals surface area contributed by atoms with E-state index in [0.29, 0.717) is 12.8 Å². The lowest BCUT2D eigenvalue weighted by Gasteiger charge is -2.19. The Labute approximate surface area is 153 Å². The molecule has 4 rings (SSSR count). The van der Waals surface area contributed by atoms with Crippen molar-refractivity contribution in [2.45, 2.75) is 32.6 Å². The summed E-state index contributed by atoms with van der Waals surface area (Å²) in [7, 11) is 0. The number of anilines is 2. The van der Waals surface area contributed by atoms with Crippen LogP contribution in [-0.2, 0) is 11.2 Å². The summed E-state index contributed by atoms with van der Waals surface area (Å²) >= 11 is 0. The lowest BCUT2D eigenvalue weighted by molar-refractivity contribution is -0.116. The van der Waals surface area contributed by atoms with Crippen molar-refractivity contribution in [3.05, 3.63) is 47.5 Å². The standard InChI is InChI=1S/C21H24N2O3/c1-15-12-17(23-10-2-3-11-23)6-7-18(15)22-21(24)9-5-16-4-8-19-20(13-16)26-14-25-19/h4,6-8,12-13H,2-3,5,9-11,14H2,1H3,(H,22,24). The number of benzene rings is 2. The van der Waals surface area contributed by atoms with Gasteiger partial charge in [-0.15, -0.1) is 0 Å². The maximum absolute atomic E-state index is 12.3. The van der Waals surface area contributed by atoms with Gasteiger partial charge in [0.25, 0.3) is 0 Å². The molecule has 0 saturated carbocycles. The summed E-state index contributed by atoms with van der Waals surface area (Å²) in [6.45, 7) is 4.57. The molecule has 0 bridgehead atoms. The number of rotatable bonds is 5. The second kappa shape index (κ2) is 7.28. The molecule has 2 heterocycles. The highest BCUT2D eigenvalue weighted by atomic mass is 16.7. The number of nitrogens with one attached hydrogen (secondary N) is 1. The van der Waals surface area contributed by atoms with Crippen LogP contribution in [0, 0.1) is 6.92 Å². The maximum Gasteiger partial charge on any atom is 0.231 e. The Morgan fingerprint density at radius 2 is 1.88 bits per heavy atom. The molecular formula is C21H24N2O3. The van der Waals surface area contributed by atoms with Gasteiger partial charge in [-0.3, -0.25) is 4.79 Å². The zero-order chi connectivity index (χ0) is 17.9. The molecule has 136 valence electrons. The number of amides is 1. The van der Waals surface area contributed by atoms with Gasteiger partial charge in [0.05, 0.1) is 0 Å². The molecule has 1 saturated heterocycles. The average molecular weight is 352 g/mol. The summed E-state index contributed by atoms with van der Waals surface area (Å²) in [5, 5.41) is 3.04. The fraction of sp³-hybridized carbons (Fsp3) is 0.381. The molecular weight excluding hydrogens is 328 g/mol. The molecule has 26 heavy (non-hydrogen) atoms. The minimum absolute atomic E-state index is 0.0275. The first kappa shape index (κ1) is 16.8. The van der Waals surface area contributed by atoms with E-state index in [1.165, 1.54) is 18.5 Å². The van der Waals surface area contributed by atoms with Gasteiger partial charge in [0.15, 0.2) is 11.5 Å². The molecule has 2 aromatic rings. The van der Waals surface area contributed by atoms with Crippen LogP contribution in [0.1, 0.15) is 30.4 Å². The monoisotopic (exact) mass is 352 g/mol. The Hall–Kier alpha value is -2.69. The van der Waals surface area contributed by atoms with E-state index in [4.69, 9.17) is 9.47 Å². The second-order valence-corrected chi connectivity index (χ2v) is 6.93. The maximum atomic E-state index is 12.3. The van der Waals surface area contributed by atoms with Crippen LogP contribution in [0.2, 0.25) is 0 Å². The Morgan fingerprint density at radius 3 is 2.69 bits per heavy atom. The Kier molecular flexibility index (Phi) is 4.69. The molecule has 0 unspecified atom stereocenters. The van der Waals surface area contributed by atoms with Gasteiger partial charge in [0.1, 0.15) is 0 Å². The van der Waals surface area contributed by atoms with Crippen LogP contribution < -0.4 is 19.7 Å². The predicted molar refractivity (Wildman–Crippen MR) is 102 cm³/mol. The van der Waals surface area contributed by atoms with Crippen molar-refractivity contribution < 1.29 is 14.3 Å². The molecule has 1 amide bonds. The fourth-order valence-corrected chi connectivity index (χ4v) is 3.53. The molecule has 5 heteroatoms. The fourth-order valence-electron chi connectivity index (χ4n) is 3.53. The normalized spacial score (nSPS) is 15.3. The summed E-state index contributed by atoms with van der Waals surface area (Å²) in [6.07, 6.45) is 3.63. The van der Waals surface area contributed by atoms with Gasteiger partial charge in [-0.1, -0.05) is 6.07 Å². The van der Waals surface area contributed by atoms with Crippen LogP contribution in [0.4, 0.5) is 11.4 Å². The molecule has 1 N–H and O–H groups in total. The third-order valence-corrected chi connectivity index (χ3v) is 5.03. The molecule has 1 fully saturated rings. The second-order valence-electron chi connectivity index (χ2n) is 6.93. The van der Waals surface area contributed by atoms with Gasteiger partial charge < -0.3 is 19.7 Å². The summed E-state index contributed by atoms with van der Waals surface area (Å²) in [5.74, 6) is 1.56. The van der Waals surface area contributed by atoms with E-state index in [-0.39, 0.29) is 12.7 Å². The van der Waals surface area contributed by atoms with Crippen LogP contribution in [0.25, 0.3) is 0 Å². The largest absolute Gasteiger partial charge is 0.454 e. The Morgan fingerprint density at radius 1 is 1.08 bits per heavy atom. The van der Waals surface area contributed by atoms with E-state index in [1.807, 2.05) is 31.2 Å². The van der Waals surface area contributed by atoms with E-state index in [0.717, 1.165) is 41.4 Å². The Bertz CT molecular complexity index is 813. The minimum Gasteiger partial charge on any atom is -0.454 e. The van der Waals surface area contributed by atoms with Gasteiger partial charge >= 0.3 is 0 Å². The minimum atomic E-state index is 0.0275. The van der Waals surface area contributed by atoms with Gasteiger partial charge in [0.2, 0.25) is 12.7 Å². The van der Waals surface area contributed by atoms with Crippen molar-refractivity contribution in [2.75, 3.05) is 30.1 Å². The third-order valence-electron chi connectivity index (χ3n) is 5.03. The molecule has 2 aromatic carbocycles. The van der Waals surface area contributed by atoms with Crippen molar-refractivity contribution >= 4 is 17.3 Å². The molecule has 0 aliphatic carbocycles. The Balaban J connectivity index is 1.34. The zero-order valence-electron chi connectivity index (χ0n) is 15.1. The molecule has 2 aliphatic rings. The smallest absolute Gasteiger partial charge is 0.231 e. The number of carbonyl (C=O) groups is 1. The van der Waals surface area contributed by atoms with Gasteiger partial charge in [-0.2, -0.15) is 0 Å². The van der Waals surface area contributed by atoms with E-state index in [1.54, 1.807) is 0 Å². The number of hydrogen-bond donors (Lipinski definition) is 1. The van der Waals surface area contributed by atoms with Crippen LogP contribution in [-0.4, -0.2) is 25.8 Å². The molecule has 0 radical (unpaired) electrons. The highest BCUT2D eigenvalue weighted by Gasteiger charge is 2.15. The van der Waals surface area contributed by atoms with Crippen molar-refractivity contribution in [3.8, 4) is 11.5 Å². The number of fused-ring (bicyclic) bond motifs is 1. The van der Waals surface area contributed by atoms with E-state index >= 15 is 0 Å². The van der Waals surface area contributed by atoms with E-state index in [2.05, 4.69) is 22.3 Å². The van der Waals surface area contributed by atoms with Gasteiger partial charge in [-0.05, 0) is 67.6 Å². The lowest BCUT2D eigenvalue weighted by Crippen LogP contribution is -2.18. The lowest BCUT2D eigenvalue weighted by atomic mass is 10.1. The topological polar surface area (TPSA) is 50.8 Å². The first-order valence-electron chi connectivity index (χ1n) is 9.23. The number of ether oxygens (including phenoxy) is 2. The molecule has 0 aromatic heterocycles. The van der Waals surface area contributed by atoms with Crippen LogP contribution in [0.3, 0.4) is 0 Å². The van der Waals surface area contributed by atoms with Crippen LogP contribution in [0.15, 0.2) is 36.4 Å². The van der Waals surface area contributed by atoms with E-state index in [9.17, 15) is 4.79 Å². The third kappa shape index (κ3) is 3.62. The van der Waals surface area contributed by atoms with Crippen molar-refractivity contribution in [1.82, 2.24) is 0 Å². The number of hydrogen-bond acceptors (Lipinski definition) is 4. The quantitative estimate of drug-likeness (QED) is 0.887. The number of carbonyl (C=O) groups excluding carboxylic acids is 1. The summed E-state index contributed by atoms with van der Waals surface area (Å²) in [5.41, 5.74) is 4.32. The van der Waals surface area contributed by atoms with Crippen molar-refractivity contribution in [3.63, 3.8) is 0 Å². The highest BCUT2D eigenvalue weighted by Crippen LogP contribution is 2.33. The van der Waals surface area contributed by atoms with Crippen LogP contribution >= 0.6 is 0 Å². The van der Waals surface area contributed by atoms with E-state index < -0.39 is 0 Å². The van der Waals surface area contributed by atoms with Crippen molar-refractivity contribution in [1.29, 1.82) is 0 Å². The number of aryl methyl sites for hydroxylation is 2.